The number of amides is 2. The van der Waals surface area contributed by atoms with Crippen LogP contribution in [0.1, 0.15) is 0 Å². The second kappa shape index (κ2) is 4.20. The van der Waals surface area contributed by atoms with Gasteiger partial charge in [-0.3, -0.25) is 5.43 Å². The zero-order valence-corrected chi connectivity index (χ0v) is 8.06. The summed E-state index contributed by atoms with van der Waals surface area (Å²) in [5, 5.41) is 2.39. The highest BCUT2D eigenvalue weighted by Gasteiger charge is 2.02. The molecule has 0 spiro atoms. The van der Waals surface area contributed by atoms with Gasteiger partial charge in [0.15, 0.2) is 0 Å². The number of urea groups is 1. The Morgan fingerprint density at radius 1 is 1.54 bits per heavy atom. The molecule has 2 amide bonds. The average Bonchev–Trinajstić information content (AvgIpc) is 2.11. The molecule has 1 rings (SSSR count). The minimum absolute atomic E-state index is 0.280. The van der Waals surface area contributed by atoms with Gasteiger partial charge in [0, 0.05) is 5.69 Å². The van der Waals surface area contributed by atoms with E-state index >= 15 is 0 Å². The lowest BCUT2D eigenvalue weighted by Crippen LogP contribution is -2.34. The van der Waals surface area contributed by atoms with Gasteiger partial charge in [0.1, 0.15) is 5.82 Å². The molecule has 0 aliphatic carbocycles. The van der Waals surface area contributed by atoms with Gasteiger partial charge in [-0.25, -0.2) is 15.0 Å². The molecule has 0 saturated heterocycles. The molecule has 1 aromatic rings. The summed E-state index contributed by atoms with van der Waals surface area (Å²) in [5.41, 5.74) is 2.34. The van der Waals surface area contributed by atoms with Crippen molar-refractivity contribution in [3.63, 3.8) is 0 Å². The van der Waals surface area contributed by atoms with Crippen LogP contribution in [0, 0.1) is 5.82 Å². The second-order valence-corrected chi connectivity index (χ2v) is 3.08. The van der Waals surface area contributed by atoms with E-state index in [9.17, 15) is 9.18 Å². The quantitative estimate of drug-likeness (QED) is 0.401. The maximum Gasteiger partial charge on any atom is 0.333 e. The van der Waals surface area contributed by atoms with Crippen molar-refractivity contribution in [1.29, 1.82) is 0 Å². The molecule has 0 fully saturated rings. The van der Waals surface area contributed by atoms with Crippen molar-refractivity contribution >= 4 is 27.6 Å². The van der Waals surface area contributed by atoms with Crippen LogP contribution in [0.15, 0.2) is 22.7 Å². The van der Waals surface area contributed by atoms with E-state index in [2.05, 4.69) is 21.2 Å². The van der Waals surface area contributed by atoms with Gasteiger partial charge in [-0.15, -0.1) is 0 Å². The van der Waals surface area contributed by atoms with Crippen molar-refractivity contribution in [2.24, 2.45) is 5.84 Å². The maximum atomic E-state index is 12.7. The number of hydrogen-bond donors (Lipinski definition) is 3. The molecule has 0 atom stereocenters. The first-order valence-corrected chi connectivity index (χ1v) is 4.15. The Balaban J connectivity index is 2.79. The van der Waals surface area contributed by atoms with Crippen LogP contribution in [0.2, 0.25) is 0 Å². The Hall–Kier alpha value is -1.14. The van der Waals surface area contributed by atoms with Gasteiger partial charge in [0.2, 0.25) is 0 Å². The predicted octanol–water partition coefficient (Wildman–Crippen LogP) is 1.58. The third kappa shape index (κ3) is 2.67. The molecule has 4 N–H and O–H groups in total. The van der Waals surface area contributed by atoms with Crippen LogP contribution in [-0.2, 0) is 0 Å². The fourth-order valence-electron chi connectivity index (χ4n) is 0.741. The fraction of sp³-hybridized carbons (Fsp3) is 0. The molecule has 0 aromatic heterocycles. The number of hydrazine groups is 1. The Morgan fingerprint density at radius 2 is 2.23 bits per heavy atom. The largest absolute Gasteiger partial charge is 0.333 e. The minimum Gasteiger partial charge on any atom is -0.307 e. The van der Waals surface area contributed by atoms with Gasteiger partial charge in [-0.05, 0) is 34.1 Å². The molecule has 0 aliphatic rings. The summed E-state index contributed by atoms with van der Waals surface area (Å²) >= 11 is 2.98. The number of rotatable bonds is 1. The van der Waals surface area contributed by atoms with Crippen LogP contribution in [0.4, 0.5) is 14.9 Å². The average molecular weight is 248 g/mol. The Morgan fingerprint density at radius 3 is 2.77 bits per heavy atom. The normalized spacial score (nSPS) is 9.46. The number of halogens is 2. The van der Waals surface area contributed by atoms with E-state index in [4.69, 9.17) is 5.84 Å². The van der Waals surface area contributed by atoms with Crippen molar-refractivity contribution in [1.82, 2.24) is 5.43 Å². The van der Waals surface area contributed by atoms with Gasteiger partial charge in [-0.2, -0.15) is 0 Å². The first-order chi connectivity index (χ1) is 6.13. The lowest BCUT2D eigenvalue weighted by molar-refractivity contribution is 0.252. The van der Waals surface area contributed by atoms with Crippen molar-refractivity contribution in [2.75, 3.05) is 5.32 Å². The number of nitrogens with two attached hydrogens (primary N) is 1. The lowest BCUT2D eigenvalue weighted by Gasteiger charge is -2.04. The Kier molecular flexibility index (Phi) is 3.21. The number of hydrogen-bond acceptors (Lipinski definition) is 2. The van der Waals surface area contributed by atoms with Crippen LogP contribution in [0.5, 0.6) is 0 Å². The van der Waals surface area contributed by atoms with Gasteiger partial charge in [0.25, 0.3) is 0 Å². The summed E-state index contributed by atoms with van der Waals surface area (Å²) in [6.45, 7) is 0. The molecule has 0 bridgehead atoms. The number of benzene rings is 1. The van der Waals surface area contributed by atoms with Gasteiger partial charge in [-0.1, -0.05) is 0 Å². The van der Waals surface area contributed by atoms with E-state index in [1.54, 1.807) is 0 Å². The van der Waals surface area contributed by atoms with E-state index in [1.165, 1.54) is 18.2 Å². The fourth-order valence-corrected chi connectivity index (χ4v) is 1.12. The summed E-state index contributed by atoms with van der Waals surface area (Å²) in [4.78, 5) is 10.7. The summed E-state index contributed by atoms with van der Waals surface area (Å²) in [6, 6.07) is 3.54. The highest BCUT2D eigenvalue weighted by molar-refractivity contribution is 9.10. The number of nitrogens with one attached hydrogen (secondary N) is 2. The van der Waals surface area contributed by atoms with Crippen LogP contribution in [0.25, 0.3) is 0 Å². The molecule has 70 valence electrons. The Labute approximate surface area is 82.4 Å². The SMILES string of the molecule is NNC(=O)Nc1ccc(F)c(Br)c1. The third-order valence-corrected chi connectivity index (χ3v) is 1.92. The molecule has 0 aliphatic heterocycles. The molecule has 1 aromatic carbocycles. The van der Waals surface area contributed by atoms with Gasteiger partial charge in [0.05, 0.1) is 4.47 Å². The van der Waals surface area contributed by atoms with Crippen molar-refractivity contribution in [3.8, 4) is 0 Å². The summed E-state index contributed by atoms with van der Waals surface area (Å²) in [7, 11) is 0. The predicted molar refractivity (Wildman–Crippen MR) is 50.4 cm³/mol. The molecule has 0 radical (unpaired) electrons. The van der Waals surface area contributed by atoms with E-state index in [1.807, 2.05) is 5.43 Å². The first-order valence-electron chi connectivity index (χ1n) is 3.36. The van der Waals surface area contributed by atoms with Crippen molar-refractivity contribution < 1.29 is 9.18 Å². The molecule has 0 unspecified atom stereocenters. The van der Waals surface area contributed by atoms with E-state index in [0.29, 0.717) is 5.69 Å². The third-order valence-electron chi connectivity index (χ3n) is 1.31. The number of carbonyl (C=O) groups is 1. The van der Waals surface area contributed by atoms with Gasteiger partial charge < -0.3 is 5.32 Å². The first kappa shape index (κ1) is 9.94. The maximum absolute atomic E-state index is 12.7. The minimum atomic E-state index is -0.557. The highest BCUT2D eigenvalue weighted by atomic mass is 79.9. The van der Waals surface area contributed by atoms with Crippen molar-refractivity contribution in [3.05, 3.63) is 28.5 Å². The van der Waals surface area contributed by atoms with Gasteiger partial charge >= 0.3 is 6.03 Å². The van der Waals surface area contributed by atoms with Crippen LogP contribution in [-0.4, -0.2) is 6.03 Å². The van der Waals surface area contributed by atoms with E-state index in [-0.39, 0.29) is 4.47 Å². The molecular weight excluding hydrogens is 241 g/mol. The highest BCUT2D eigenvalue weighted by Crippen LogP contribution is 2.19. The number of carbonyl (C=O) groups excluding carboxylic acids is 1. The summed E-state index contributed by atoms with van der Waals surface area (Å²) in [5.74, 6) is 4.45. The van der Waals surface area contributed by atoms with E-state index in [0.717, 1.165) is 0 Å². The summed E-state index contributed by atoms with van der Waals surface area (Å²) in [6.07, 6.45) is 0. The zero-order valence-electron chi connectivity index (χ0n) is 6.47. The molecule has 13 heavy (non-hydrogen) atoms. The van der Waals surface area contributed by atoms with Crippen LogP contribution in [0.3, 0.4) is 0 Å². The molecule has 0 saturated carbocycles. The Bertz CT molecular complexity index is 332. The topological polar surface area (TPSA) is 67.1 Å². The van der Waals surface area contributed by atoms with E-state index < -0.39 is 11.8 Å². The monoisotopic (exact) mass is 247 g/mol. The standard InChI is InChI=1S/C7H7BrFN3O/c8-5-3-4(1-2-6(5)9)11-7(13)12-10/h1-3H,10H2,(H2,11,12,13). The molecule has 6 heteroatoms. The van der Waals surface area contributed by atoms with Crippen molar-refractivity contribution in [2.45, 2.75) is 0 Å². The molecular formula is C7H7BrFN3O. The molecule has 4 nitrogen and oxygen atoms in total. The zero-order chi connectivity index (χ0) is 9.84. The van der Waals surface area contributed by atoms with Crippen LogP contribution < -0.4 is 16.6 Å². The number of anilines is 1. The smallest absolute Gasteiger partial charge is 0.307 e. The summed E-state index contributed by atoms with van der Waals surface area (Å²) < 4.78 is 13.0. The lowest BCUT2D eigenvalue weighted by atomic mass is 10.3. The van der Waals surface area contributed by atoms with Crippen LogP contribution >= 0.6 is 15.9 Å². The second-order valence-electron chi connectivity index (χ2n) is 2.23. The molecule has 0 heterocycles.